The molecule has 0 atom stereocenters. The second-order valence-corrected chi connectivity index (χ2v) is 2.92. The highest BCUT2D eigenvalue weighted by Crippen LogP contribution is 2.09. The number of thiophene rings is 1. The molecule has 0 bridgehead atoms. The summed E-state index contributed by atoms with van der Waals surface area (Å²) in [7, 11) is 0. The molecule has 3 heteroatoms. The van der Waals surface area contributed by atoms with Crippen molar-refractivity contribution in [2.75, 3.05) is 0 Å². The summed E-state index contributed by atoms with van der Waals surface area (Å²) in [5, 5.41) is 1.94. The van der Waals surface area contributed by atoms with Crippen molar-refractivity contribution in [3.63, 3.8) is 0 Å². The minimum absolute atomic E-state index is 0.350. The van der Waals surface area contributed by atoms with E-state index in [2.05, 4.69) is 6.58 Å². The molecule has 0 aromatic carbocycles. The number of ether oxygens (including phenoxy) is 1. The van der Waals surface area contributed by atoms with Gasteiger partial charge in [0.2, 0.25) is 0 Å². The Kier molecular flexibility index (Phi) is 2.86. The molecule has 0 N–H and O–H groups in total. The van der Waals surface area contributed by atoms with Crippen LogP contribution in [0.4, 0.5) is 0 Å². The van der Waals surface area contributed by atoms with Crippen LogP contribution in [0.15, 0.2) is 30.2 Å². The molecule has 0 unspecified atom stereocenters. The first kappa shape index (κ1) is 8.01. The van der Waals surface area contributed by atoms with Gasteiger partial charge in [0.1, 0.15) is 6.61 Å². The van der Waals surface area contributed by atoms with Crippen LogP contribution in [0.5, 0.6) is 0 Å². The molecule has 0 amide bonds. The third-order valence-electron chi connectivity index (χ3n) is 1.10. The lowest BCUT2D eigenvalue weighted by molar-refractivity contribution is -0.138. The largest absolute Gasteiger partial charge is 0.457 e. The van der Waals surface area contributed by atoms with Crippen LogP contribution in [-0.2, 0) is 16.1 Å². The fourth-order valence-electron chi connectivity index (χ4n) is 0.596. The van der Waals surface area contributed by atoms with Gasteiger partial charge >= 0.3 is 5.97 Å². The Morgan fingerprint density at radius 2 is 2.64 bits per heavy atom. The predicted octanol–water partition coefficient (Wildman–Crippen LogP) is 1.98. The molecule has 1 aromatic rings. The van der Waals surface area contributed by atoms with Crippen molar-refractivity contribution in [1.29, 1.82) is 0 Å². The summed E-state index contributed by atoms with van der Waals surface area (Å²) in [6.45, 7) is 3.64. The average Bonchev–Trinajstić information content (AvgIpc) is 2.52. The van der Waals surface area contributed by atoms with Gasteiger partial charge in [0.15, 0.2) is 0 Å². The Morgan fingerprint density at radius 1 is 1.82 bits per heavy atom. The third kappa shape index (κ3) is 2.55. The molecule has 0 saturated heterocycles. The number of hydrogen-bond acceptors (Lipinski definition) is 3. The Labute approximate surface area is 69.1 Å². The normalized spacial score (nSPS) is 9.09. The molecule has 0 radical (unpaired) electrons. The second-order valence-electron chi connectivity index (χ2n) is 1.89. The molecule has 0 spiro atoms. The van der Waals surface area contributed by atoms with Crippen molar-refractivity contribution >= 4 is 17.3 Å². The molecule has 0 fully saturated rings. The molecule has 0 saturated carbocycles. The number of hydrogen-bond donors (Lipinski definition) is 0. The quantitative estimate of drug-likeness (QED) is 0.509. The molecule has 1 rings (SSSR count). The standard InChI is InChI=1S/C8H8O2S/c1-2-8(9)10-6-7-4-3-5-11-7/h2-5H,1,6H2. The topological polar surface area (TPSA) is 26.3 Å². The van der Waals surface area contributed by atoms with E-state index in [0.717, 1.165) is 11.0 Å². The third-order valence-corrected chi connectivity index (χ3v) is 1.95. The monoisotopic (exact) mass is 168 g/mol. The van der Waals surface area contributed by atoms with E-state index in [-0.39, 0.29) is 5.97 Å². The minimum atomic E-state index is -0.376. The lowest BCUT2D eigenvalue weighted by Gasteiger charge is -1.96. The zero-order valence-corrected chi connectivity index (χ0v) is 6.76. The summed E-state index contributed by atoms with van der Waals surface area (Å²) < 4.78 is 4.79. The Bertz CT molecular complexity index is 239. The Balaban J connectivity index is 2.34. The van der Waals surface area contributed by atoms with Crippen molar-refractivity contribution in [2.24, 2.45) is 0 Å². The van der Waals surface area contributed by atoms with Gasteiger partial charge in [0.25, 0.3) is 0 Å². The molecule has 0 aliphatic carbocycles. The van der Waals surface area contributed by atoms with Crippen LogP contribution in [0.1, 0.15) is 4.88 Å². The molecule has 2 nitrogen and oxygen atoms in total. The van der Waals surface area contributed by atoms with Crippen molar-refractivity contribution in [3.8, 4) is 0 Å². The number of esters is 1. The first-order valence-corrected chi connectivity index (χ1v) is 4.02. The smallest absolute Gasteiger partial charge is 0.330 e. The first-order chi connectivity index (χ1) is 5.33. The van der Waals surface area contributed by atoms with Crippen LogP contribution in [-0.4, -0.2) is 5.97 Å². The van der Waals surface area contributed by atoms with Crippen LogP contribution >= 0.6 is 11.3 Å². The van der Waals surface area contributed by atoms with Gasteiger partial charge in [-0.15, -0.1) is 11.3 Å². The van der Waals surface area contributed by atoms with E-state index in [1.165, 1.54) is 0 Å². The Hall–Kier alpha value is -1.09. The van der Waals surface area contributed by atoms with Crippen molar-refractivity contribution < 1.29 is 9.53 Å². The summed E-state index contributed by atoms with van der Waals surface area (Å²) in [4.78, 5) is 11.6. The molecular weight excluding hydrogens is 160 g/mol. The maximum Gasteiger partial charge on any atom is 0.330 e. The van der Waals surface area contributed by atoms with Gasteiger partial charge < -0.3 is 4.74 Å². The predicted molar refractivity (Wildman–Crippen MR) is 44.3 cm³/mol. The van der Waals surface area contributed by atoms with Gasteiger partial charge in [0, 0.05) is 11.0 Å². The SMILES string of the molecule is C=CC(=O)OCc1cccs1. The van der Waals surface area contributed by atoms with Crippen molar-refractivity contribution in [1.82, 2.24) is 0 Å². The molecule has 1 aromatic heterocycles. The van der Waals surface area contributed by atoms with E-state index in [1.807, 2.05) is 17.5 Å². The van der Waals surface area contributed by atoms with Crippen LogP contribution in [0.2, 0.25) is 0 Å². The summed E-state index contributed by atoms with van der Waals surface area (Å²) in [6, 6.07) is 3.84. The zero-order valence-electron chi connectivity index (χ0n) is 5.95. The van der Waals surface area contributed by atoms with Gasteiger partial charge in [-0.3, -0.25) is 0 Å². The van der Waals surface area contributed by atoms with Crippen molar-refractivity contribution in [3.05, 3.63) is 35.0 Å². The maximum atomic E-state index is 10.6. The lowest BCUT2D eigenvalue weighted by atomic mass is 10.5. The zero-order chi connectivity index (χ0) is 8.10. The van der Waals surface area contributed by atoms with Crippen LogP contribution < -0.4 is 0 Å². The molecule has 0 aliphatic rings. The van der Waals surface area contributed by atoms with Crippen LogP contribution in [0, 0.1) is 0 Å². The van der Waals surface area contributed by atoms with Gasteiger partial charge in [-0.05, 0) is 11.4 Å². The summed E-state index contributed by atoms with van der Waals surface area (Å²) >= 11 is 1.56. The lowest BCUT2D eigenvalue weighted by Crippen LogP contribution is -1.98. The number of carbonyl (C=O) groups is 1. The highest BCUT2D eigenvalue weighted by Gasteiger charge is 1.96. The molecular formula is C8H8O2S. The fourth-order valence-corrected chi connectivity index (χ4v) is 1.21. The van der Waals surface area contributed by atoms with Crippen LogP contribution in [0.3, 0.4) is 0 Å². The highest BCUT2D eigenvalue weighted by atomic mass is 32.1. The van der Waals surface area contributed by atoms with E-state index in [4.69, 9.17) is 4.74 Å². The van der Waals surface area contributed by atoms with Crippen LogP contribution in [0.25, 0.3) is 0 Å². The van der Waals surface area contributed by atoms with Gasteiger partial charge in [-0.25, -0.2) is 4.79 Å². The van der Waals surface area contributed by atoms with Gasteiger partial charge in [0.05, 0.1) is 0 Å². The molecule has 58 valence electrons. The van der Waals surface area contributed by atoms with E-state index >= 15 is 0 Å². The van der Waals surface area contributed by atoms with E-state index in [9.17, 15) is 4.79 Å². The van der Waals surface area contributed by atoms with E-state index < -0.39 is 0 Å². The fraction of sp³-hybridized carbons (Fsp3) is 0.125. The summed E-state index contributed by atoms with van der Waals surface area (Å²) in [5.74, 6) is -0.376. The van der Waals surface area contributed by atoms with E-state index in [0.29, 0.717) is 6.61 Å². The highest BCUT2D eigenvalue weighted by molar-refractivity contribution is 7.09. The van der Waals surface area contributed by atoms with Gasteiger partial charge in [-0.2, -0.15) is 0 Å². The minimum Gasteiger partial charge on any atom is -0.457 e. The van der Waals surface area contributed by atoms with Crippen molar-refractivity contribution in [2.45, 2.75) is 6.61 Å². The second kappa shape index (κ2) is 3.93. The summed E-state index contributed by atoms with van der Waals surface area (Å²) in [6.07, 6.45) is 1.16. The summed E-state index contributed by atoms with van der Waals surface area (Å²) in [5.41, 5.74) is 0. The molecule has 11 heavy (non-hydrogen) atoms. The first-order valence-electron chi connectivity index (χ1n) is 3.14. The molecule has 1 heterocycles. The number of rotatable bonds is 3. The maximum absolute atomic E-state index is 10.6. The average molecular weight is 168 g/mol. The Morgan fingerprint density at radius 3 is 3.18 bits per heavy atom. The van der Waals surface area contributed by atoms with E-state index in [1.54, 1.807) is 11.3 Å². The molecule has 0 aliphatic heterocycles. The number of carbonyl (C=O) groups excluding carboxylic acids is 1. The van der Waals surface area contributed by atoms with Gasteiger partial charge in [-0.1, -0.05) is 12.6 Å².